The van der Waals surface area contributed by atoms with E-state index in [1.165, 1.54) is 0 Å². The lowest BCUT2D eigenvalue weighted by Gasteiger charge is -2.12. The Labute approximate surface area is 163 Å². The van der Waals surface area contributed by atoms with Gasteiger partial charge in [0.1, 0.15) is 5.75 Å². The summed E-state index contributed by atoms with van der Waals surface area (Å²) in [5.41, 5.74) is 2.33. The number of rotatable bonds is 6. The molecule has 136 valence electrons. The first-order chi connectivity index (χ1) is 13.2. The van der Waals surface area contributed by atoms with Crippen molar-refractivity contribution < 1.29 is 9.53 Å². The Morgan fingerprint density at radius 3 is 2.00 bits per heavy atom. The van der Waals surface area contributed by atoms with Crippen LogP contribution < -0.4 is 20.7 Å². The number of thiocarbonyl (C=S) groups is 1. The lowest BCUT2D eigenvalue weighted by molar-refractivity contribution is -0.118. The first-order valence-electron chi connectivity index (χ1n) is 8.40. The van der Waals surface area contributed by atoms with Gasteiger partial charge in [0.2, 0.25) is 0 Å². The molecule has 0 unspecified atom stereocenters. The quantitative estimate of drug-likeness (QED) is 0.552. The molecule has 0 heterocycles. The van der Waals surface area contributed by atoms with Crippen LogP contribution in [-0.2, 0) is 4.79 Å². The summed E-state index contributed by atoms with van der Waals surface area (Å²) in [5.74, 6) is 0.418. The summed E-state index contributed by atoms with van der Waals surface area (Å²) in [6.07, 6.45) is 0. The summed E-state index contributed by atoms with van der Waals surface area (Å²) < 4.78 is 5.44. The molecule has 5 nitrogen and oxygen atoms in total. The Balaban J connectivity index is 1.52. The highest BCUT2D eigenvalue weighted by molar-refractivity contribution is 7.80. The van der Waals surface area contributed by atoms with Crippen LogP contribution in [-0.4, -0.2) is 17.6 Å². The smallest absolute Gasteiger partial charge is 0.262 e. The lowest BCUT2D eigenvalue weighted by Crippen LogP contribution is -2.21. The summed E-state index contributed by atoms with van der Waals surface area (Å²) in [4.78, 5) is 12.1. The van der Waals surface area contributed by atoms with Crippen molar-refractivity contribution in [2.24, 2.45) is 0 Å². The fraction of sp³-hybridized carbons (Fsp3) is 0.0476. The van der Waals surface area contributed by atoms with E-state index >= 15 is 0 Å². The van der Waals surface area contributed by atoms with Crippen LogP contribution in [0.15, 0.2) is 84.9 Å². The fourth-order valence-corrected chi connectivity index (χ4v) is 2.59. The summed E-state index contributed by atoms with van der Waals surface area (Å²) in [7, 11) is 0. The molecule has 3 aromatic carbocycles. The molecule has 1 amide bonds. The zero-order valence-electron chi connectivity index (χ0n) is 14.5. The van der Waals surface area contributed by atoms with Crippen molar-refractivity contribution in [3.05, 3.63) is 84.9 Å². The number of ether oxygens (including phenoxy) is 1. The van der Waals surface area contributed by atoms with Crippen LogP contribution in [0.2, 0.25) is 0 Å². The van der Waals surface area contributed by atoms with Crippen molar-refractivity contribution in [2.45, 2.75) is 0 Å². The highest BCUT2D eigenvalue weighted by Crippen LogP contribution is 2.16. The Kier molecular flexibility index (Phi) is 6.38. The van der Waals surface area contributed by atoms with Gasteiger partial charge in [-0.3, -0.25) is 4.79 Å². The zero-order chi connectivity index (χ0) is 18.9. The van der Waals surface area contributed by atoms with E-state index in [1.54, 1.807) is 24.3 Å². The van der Waals surface area contributed by atoms with Gasteiger partial charge in [-0.2, -0.15) is 0 Å². The van der Waals surface area contributed by atoms with E-state index in [2.05, 4.69) is 16.0 Å². The Morgan fingerprint density at radius 2 is 1.30 bits per heavy atom. The number of carbonyl (C=O) groups is 1. The molecule has 6 heteroatoms. The highest BCUT2D eigenvalue weighted by Gasteiger charge is 2.05. The first-order valence-corrected chi connectivity index (χ1v) is 8.81. The maximum Gasteiger partial charge on any atom is 0.262 e. The molecule has 0 aliphatic rings. The molecule has 0 aliphatic heterocycles. The summed E-state index contributed by atoms with van der Waals surface area (Å²) in [6.45, 7) is -0.0599. The maximum absolute atomic E-state index is 12.1. The molecule has 0 bridgehead atoms. The molecule has 0 spiro atoms. The third-order valence-electron chi connectivity index (χ3n) is 3.55. The summed E-state index contributed by atoms with van der Waals surface area (Å²) in [6, 6.07) is 26.2. The fourth-order valence-electron chi connectivity index (χ4n) is 2.35. The molecule has 0 saturated heterocycles. The number of hydrogen-bond donors (Lipinski definition) is 3. The maximum atomic E-state index is 12.1. The molecular formula is C21H19N3O2S. The van der Waals surface area contributed by atoms with E-state index in [0.717, 1.165) is 11.4 Å². The minimum atomic E-state index is -0.235. The van der Waals surface area contributed by atoms with Crippen molar-refractivity contribution in [1.29, 1.82) is 0 Å². The van der Waals surface area contributed by atoms with Gasteiger partial charge in [0, 0.05) is 17.1 Å². The lowest BCUT2D eigenvalue weighted by atomic mass is 10.2. The predicted molar refractivity (Wildman–Crippen MR) is 113 cm³/mol. The van der Waals surface area contributed by atoms with Crippen LogP contribution in [0.5, 0.6) is 5.75 Å². The number of carbonyl (C=O) groups excluding carboxylic acids is 1. The second kappa shape index (κ2) is 9.35. The topological polar surface area (TPSA) is 62.4 Å². The third kappa shape index (κ3) is 6.13. The van der Waals surface area contributed by atoms with Crippen molar-refractivity contribution in [3.63, 3.8) is 0 Å². The Bertz CT molecular complexity index is 902. The van der Waals surface area contributed by atoms with Crippen LogP contribution >= 0.6 is 12.2 Å². The van der Waals surface area contributed by atoms with E-state index in [-0.39, 0.29) is 12.5 Å². The van der Waals surface area contributed by atoms with Crippen LogP contribution in [0.25, 0.3) is 0 Å². The Morgan fingerprint density at radius 1 is 0.741 bits per heavy atom. The van der Waals surface area contributed by atoms with Crippen molar-refractivity contribution in [1.82, 2.24) is 0 Å². The van der Waals surface area contributed by atoms with E-state index in [4.69, 9.17) is 17.0 Å². The normalized spacial score (nSPS) is 9.93. The molecule has 0 atom stereocenters. The van der Waals surface area contributed by atoms with E-state index in [9.17, 15) is 4.79 Å². The molecule has 0 fully saturated rings. The predicted octanol–water partition coefficient (Wildman–Crippen LogP) is 4.51. The van der Waals surface area contributed by atoms with Crippen LogP contribution in [0.4, 0.5) is 17.1 Å². The number of nitrogens with one attached hydrogen (secondary N) is 3. The largest absolute Gasteiger partial charge is 0.484 e. The van der Waals surface area contributed by atoms with Gasteiger partial charge in [0.05, 0.1) is 0 Å². The highest BCUT2D eigenvalue weighted by atomic mass is 32.1. The average molecular weight is 377 g/mol. The standard InChI is InChI=1S/C21H19N3O2S/c25-20(15-26-19-12-5-2-6-13-19)22-17-10-7-11-18(14-17)24-21(27)23-16-8-3-1-4-9-16/h1-14H,15H2,(H,22,25)(H2,23,24,27). The molecule has 0 saturated carbocycles. The van der Waals surface area contributed by atoms with E-state index < -0.39 is 0 Å². The van der Waals surface area contributed by atoms with Crippen LogP contribution in [0, 0.1) is 0 Å². The molecule has 0 radical (unpaired) electrons. The molecule has 27 heavy (non-hydrogen) atoms. The molecule has 3 N–H and O–H groups in total. The van der Waals surface area contributed by atoms with Gasteiger partial charge in [0.15, 0.2) is 11.7 Å². The van der Waals surface area contributed by atoms with Gasteiger partial charge in [0.25, 0.3) is 5.91 Å². The van der Waals surface area contributed by atoms with E-state index in [0.29, 0.717) is 16.5 Å². The second-order valence-corrected chi connectivity index (χ2v) is 6.08. The molecule has 0 aliphatic carbocycles. The number of para-hydroxylation sites is 2. The average Bonchev–Trinajstić information content (AvgIpc) is 2.68. The molecule has 3 rings (SSSR count). The van der Waals surface area contributed by atoms with Gasteiger partial charge in [-0.1, -0.05) is 42.5 Å². The third-order valence-corrected chi connectivity index (χ3v) is 3.75. The number of hydrogen-bond acceptors (Lipinski definition) is 3. The molecule has 3 aromatic rings. The second-order valence-electron chi connectivity index (χ2n) is 5.68. The summed E-state index contributed by atoms with van der Waals surface area (Å²) in [5, 5.41) is 9.48. The number of amides is 1. The van der Waals surface area contributed by atoms with Gasteiger partial charge in [-0.25, -0.2) is 0 Å². The number of benzene rings is 3. The van der Waals surface area contributed by atoms with Crippen LogP contribution in [0.3, 0.4) is 0 Å². The Hall–Kier alpha value is -3.38. The van der Waals surface area contributed by atoms with Crippen molar-refractivity contribution in [3.8, 4) is 5.75 Å². The first kappa shape index (κ1) is 18.4. The van der Waals surface area contributed by atoms with Crippen molar-refractivity contribution >= 4 is 40.3 Å². The summed E-state index contributed by atoms with van der Waals surface area (Å²) >= 11 is 5.32. The molecule has 0 aromatic heterocycles. The van der Waals surface area contributed by atoms with E-state index in [1.807, 2.05) is 60.7 Å². The molecular weight excluding hydrogens is 358 g/mol. The van der Waals surface area contributed by atoms with Gasteiger partial charge in [-0.15, -0.1) is 0 Å². The zero-order valence-corrected chi connectivity index (χ0v) is 15.3. The number of anilines is 3. The van der Waals surface area contributed by atoms with Gasteiger partial charge < -0.3 is 20.7 Å². The van der Waals surface area contributed by atoms with Gasteiger partial charge >= 0.3 is 0 Å². The van der Waals surface area contributed by atoms with Crippen LogP contribution in [0.1, 0.15) is 0 Å². The minimum absolute atomic E-state index is 0.0599. The van der Waals surface area contributed by atoms with Crippen molar-refractivity contribution in [2.75, 3.05) is 22.6 Å². The monoisotopic (exact) mass is 377 g/mol. The minimum Gasteiger partial charge on any atom is -0.484 e. The van der Waals surface area contributed by atoms with Gasteiger partial charge in [-0.05, 0) is 54.7 Å². The SMILES string of the molecule is O=C(COc1ccccc1)Nc1cccc(NC(=S)Nc2ccccc2)c1.